The Balaban J connectivity index is 1.49. The Morgan fingerprint density at radius 1 is 1.10 bits per heavy atom. The van der Waals surface area contributed by atoms with Gasteiger partial charge in [-0.2, -0.15) is 0 Å². The third-order valence-corrected chi connectivity index (χ3v) is 5.96. The lowest BCUT2D eigenvalue weighted by molar-refractivity contribution is 0.0475. The Bertz CT molecular complexity index is 762. The molecule has 30 heavy (non-hydrogen) atoms. The molecule has 3 rings (SSSR count). The van der Waals surface area contributed by atoms with Gasteiger partial charge in [-0.05, 0) is 64.7 Å². The summed E-state index contributed by atoms with van der Waals surface area (Å²) >= 11 is 0. The second-order valence-corrected chi connectivity index (χ2v) is 9.67. The van der Waals surface area contributed by atoms with Crippen molar-refractivity contribution in [3.8, 4) is 0 Å². The molecule has 0 aromatic heterocycles. The number of nitrogens with zero attached hydrogens (tertiary/aromatic N) is 1. The van der Waals surface area contributed by atoms with E-state index >= 15 is 0 Å². The van der Waals surface area contributed by atoms with Crippen molar-refractivity contribution in [1.82, 2.24) is 10.2 Å². The van der Waals surface area contributed by atoms with Crippen molar-refractivity contribution in [3.63, 3.8) is 0 Å². The molecule has 1 aromatic rings. The molecule has 2 fully saturated rings. The Labute approximate surface area is 179 Å². The summed E-state index contributed by atoms with van der Waals surface area (Å²) in [5, 5.41) is 6.30. The Hall–Kier alpha value is -2.44. The summed E-state index contributed by atoms with van der Waals surface area (Å²) in [6.45, 7) is 5.55. The molecule has 0 saturated heterocycles. The fourth-order valence-electron chi connectivity index (χ4n) is 4.21. The summed E-state index contributed by atoms with van der Waals surface area (Å²) in [5.41, 5.74) is 7.76. The molecule has 0 radical (unpaired) electrons. The molecule has 7 heteroatoms. The lowest BCUT2D eigenvalue weighted by Crippen LogP contribution is -2.50. The van der Waals surface area contributed by atoms with E-state index in [0.717, 1.165) is 31.4 Å². The summed E-state index contributed by atoms with van der Waals surface area (Å²) < 4.78 is 5.29. The normalized spacial score (nSPS) is 22.0. The van der Waals surface area contributed by atoms with Gasteiger partial charge in [0.05, 0.1) is 11.4 Å². The summed E-state index contributed by atoms with van der Waals surface area (Å²) in [6, 6.07) is 6.15. The molecule has 4 N–H and O–H groups in total. The van der Waals surface area contributed by atoms with E-state index in [0.29, 0.717) is 17.3 Å². The number of alkyl carbamates (subject to hydrolysis) is 1. The molecule has 0 unspecified atom stereocenters. The summed E-state index contributed by atoms with van der Waals surface area (Å²) in [5.74, 6) is 0.0328. The average Bonchev–Trinajstić information content (AvgIpc) is 2.65. The molecule has 2 aliphatic rings. The van der Waals surface area contributed by atoms with Gasteiger partial charge < -0.3 is 26.0 Å². The van der Waals surface area contributed by atoms with E-state index in [4.69, 9.17) is 10.5 Å². The SMILES string of the molecule is CN(C(=O)c1ccc(NC2CC(NC(=O)OC(C)(C)C)C2)c(N)c1)C1CCCCC1. The van der Waals surface area contributed by atoms with Gasteiger partial charge in [-0.1, -0.05) is 19.3 Å². The van der Waals surface area contributed by atoms with Crippen LogP contribution in [0.1, 0.15) is 76.1 Å². The molecule has 0 aliphatic heterocycles. The number of carbonyl (C=O) groups is 2. The summed E-state index contributed by atoms with van der Waals surface area (Å²) in [4.78, 5) is 26.6. The van der Waals surface area contributed by atoms with Crippen molar-refractivity contribution < 1.29 is 14.3 Å². The van der Waals surface area contributed by atoms with Gasteiger partial charge in [0.25, 0.3) is 5.91 Å². The van der Waals surface area contributed by atoms with Crippen LogP contribution in [0.15, 0.2) is 18.2 Å². The molecule has 0 heterocycles. The van der Waals surface area contributed by atoms with Crippen LogP contribution in [0.4, 0.5) is 16.2 Å². The molecule has 0 spiro atoms. The predicted molar refractivity (Wildman–Crippen MR) is 120 cm³/mol. The van der Waals surface area contributed by atoms with Crippen molar-refractivity contribution in [1.29, 1.82) is 0 Å². The first-order valence-corrected chi connectivity index (χ1v) is 11.0. The molecular formula is C23H36N4O3. The Morgan fingerprint density at radius 3 is 2.37 bits per heavy atom. The lowest BCUT2D eigenvalue weighted by atomic mass is 9.86. The highest BCUT2D eigenvalue weighted by Crippen LogP contribution is 2.29. The van der Waals surface area contributed by atoms with Gasteiger partial charge in [-0.3, -0.25) is 4.79 Å². The zero-order valence-corrected chi connectivity index (χ0v) is 18.7. The standard InChI is InChI=1S/C23H36N4O3/c1-23(2,3)30-22(29)26-17-13-16(14-17)25-20-11-10-15(12-19(20)24)21(28)27(4)18-8-6-5-7-9-18/h10-12,16-18,25H,5-9,13-14,24H2,1-4H3,(H,26,29). The Kier molecular flexibility index (Phi) is 6.78. The molecule has 2 aliphatic carbocycles. The highest BCUT2D eigenvalue weighted by atomic mass is 16.6. The number of carbonyl (C=O) groups excluding carboxylic acids is 2. The molecule has 0 bridgehead atoms. The number of amides is 2. The largest absolute Gasteiger partial charge is 0.444 e. The van der Waals surface area contributed by atoms with Crippen LogP contribution in [0.5, 0.6) is 0 Å². The highest BCUT2D eigenvalue weighted by molar-refractivity contribution is 5.96. The topological polar surface area (TPSA) is 96.7 Å². The van der Waals surface area contributed by atoms with Crippen LogP contribution in [0.2, 0.25) is 0 Å². The first-order valence-electron chi connectivity index (χ1n) is 11.0. The Morgan fingerprint density at radius 2 is 1.77 bits per heavy atom. The quantitative estimate of drug-likeness (QED) is 0.627. The molecule has 0 atom stereocenters. The van der Waals surface area contributed by atoms with Crippen LogP contribution < -0.4 is 16.4 Å². The number of ether oxygens (including phenoxy) is 1. The van der Waals surface area contributed by atoms with Gasteiger partial charge in [0, 0.05) is 30.7 Å². The lowest BCUT2D eigenvalue weighted by Gasteiger charge is -2.37. The predicted octanol–water partition coefficient (Wildman–Crippen LogP) is 4.14. The third kappa shape index (κ3) is 5.80. The minimum atomic E-state index is -0.496. The number of hydrogen-bond donors (Lipinski definition) is 3. The van der Waals surface area contributed by atoms with Crippen LogP contribution in [0.25, 0.3) is 0 Å². The van der Waals surface area contributed by atoms with Gasteiger partial charge in [-0.25, -0.2) is 4.79 Å². The molecule has 2 amide bonds. The highest BCUT2D eigenvalue weighted by Gasteiger charge is 2.32. The number of nitrogens with one attached hydrogen (secondary N) is 2. The first kappa shape index (κ1) is 22.2. The fourth-order valence-corrected chi connectivity index (χ4v) is 4.21. The molecule has 2 saturated carbocycles. The third-order valence-electron chi connectivity index (χ3n) is 5.96. The number of anilines is 2. The minimum Gasteiger partial charge on any atom is -0.444 e. The number of rotatable bonds is 5. The number of nitrogen functional groups attached to an aromatic ring is 1. The fraction of sp³-hybridized carbons (Fsp3) is 0.652. The maximum Gasteiger partial charge on any atom is 0.407 e. The van der Waals surface area contributed by atoms with Gasteiger partial charge >= 0.3 is 6.09 Å². The molecule has 166 valence electrons. The smallest absolute Gasteiger partial charge is 0.407 e. The van der Waals surface area contributed by atoms with E-state index in [2.05, 4.69) is 10.6 Å². The van der Waals surface area contributed by atoms with Crippen molar-refractivity contribution in [2.24, 2.45) is 0 Å². The van der Waals surface area contributed by atoms with Gasteiger partial charge in [-0.15, -0.1) is 0 Å². The van der Waals surface area contributed by atoms with E-state index in [1.54, 1.807) is 6.07 Å². The van der Waals surface area contributed by atoms with E-state index in [1.165, 1.54) is 19.3 Å². The van der Waals surface area contributed by atoms with Gasteiger partial charge in [0.1, 0.15) is 5.60 Å². The van der Waals surface area contributed by atoms with E-state index in [-0.39, 0.29) is 24.1 Å². The molecule has 7 nitrogen and oxygen atoms in total. The van der Waals surface area contributed by atoms with Crippen LogP contribution in [-0.4, -0.2) is 47.7 Å². The number of benzene rings is 1. The van der Waals surface area contributed by atoms with Gasteiger partial charge in [0.15, 0.2) is 0 Å². The van der Waals surface area contributed by atoms with E-state index in [1.807, 2.05) is 44.9 Å². The van der Waals surface area contributed by atoms with Crippen molar-refractivity contribution in [2.75, 3.05) is 18.1 Å². The van der Waals surface area contributed by atoms with E-state index in [9.17, 15) is 9.59 Å². The van der Waals surface area contributed by atoms with E-state index < -0.39 is 5.60 Å². The zero-order chi connectivity index (χ0) is 21.9. The second-order valence-electron chi connectivity index (χ2n) is 9.67. The minimum absolute atomic E-state index is 0.0328. The van der Waals surface area contributed by atoms with Crippen molar-refractivity contribution in [2.45, 2.75) is 89.4 Å². The van der Waals surface area contributed by atoms with Crippen LogP contribution in [0.3, 0.4) is 0 Å². The maximum atomic E-state index is 12.8. The average molecular weight is 417 g/mol. The van der Waals surface area contributed by atoms with Crippen LogP contribution in [0, 0.1) is 0 Å². The van der Waals surface area contributed by atoms with Crippen LogP contribution in [-0.2, 0) is 4.74 Å². The zero-order valence-electron chi connectivity index (χ0n) is 18.7. The van der Waals surface area contributed by atoms with Crippen LogP contribution >= 0.6 is 0 Å². The first-order chi connectivity index (χ1) is 14.1. The van der Waals surface area contributed by atoms with Crippen molar-refractivity contribution >= 4 is 23.4 Å². The molecule has 1 aromatic carbocycles. The monoisotopic (exact) mass is 416 g/mol. The number of nitrogens with two attached hydrogens (primary N) is 1. The van der Waals surface area contributed by atoms with Crippen molar-refractivity contribution in [3.05, 3.63) is 23.8 Å². The maximum absolute atomic E-state index is 12.8. The summed E-state index contributed by atoms with van der Waals surface area (Å²) in [6.07, 6.45) is 7.05. The summed E-state index contributed by atoms with van der Waals surface area (Å²) in [7, 11) is 1.90. The van der Waals surface area contributed by atoms with Gasteiger partial charge in [0.2, 0.25) is 0 Å². The number of hydrogen-bond acceptors (Lipinski definition) is 5. The second kappa shape index (κ2) is 9.14. The molecular weight excluding hydrogens is 380 g/mol.